The lowest BCUT2D eigenvalue weighted by atomic mass is 10.1. The first kappa shape index (κ1) is 17.5. The van der Waals surface area contributed by atoms with Gasteiger partial charge in [-0.2, -0.15) is 0 Å². The van der Waals surface area contributed by atoms with Crippen molar-refractivity contribution in [2.45, 2.75) is 25.9 Å². The molecule has 0 spiro atoms. The summed E-state index contributed by atoms with van der Waals surface area (Å²) in [5.74, 6) is -0.292. The van der Waals surface area contributed by atoms with Gasteiger partial charge in [-0.05, 0) is 43.5 Å². The molecule has 2 rings (SSSR count). The van der Waals surface area contributed by atoms with Gasteiger partial charge in [-0.1, -0.05) is 0 Å². The van der Waals surface area contributed by atoms with Crippen molar-refractivity contribution < 1.29 is 27.5 Å². The van der Waals surface area contributed by atoms with Crippen LogP contribution in [0.2, 0.25) is 0 Å². The SMILES string of the molecule is COc1ccc(C(=O)[C@@H](C)OC(=O)C[C@@H]2CCS(=O)(=O)C2)cc1. The highest BCUT2D eigenvalue weighted by Gasteiger charge is 2.30. The quantitative estimate of drug-likeness (QED) is 0.578. The van der Waals surface area contributed by atoms with E-state index in [9.17, 15) is 18.0 Å². The maximum absolute atomic E-state index is 12.2. The van der Waals surface area contributed by atoms with Crippen molar-refractivity contribution in [3.05, 3.63) is 29.8 Å². The van der Waals surface area contributed by atoms with E-state index >= 15 is 0 Å². The van der Waals surface area contributed by atoms with E-state index in [4.69, 9.17) is 9.47 Å². The number of methoxy groups -OCH3 is 1. The Morgan fingerprint density at radius 2 is 1.91 bits per heavy atom. The fraction of sp³-hybridized carbons (Fsp3) is 0.500. The van der Waals surface area contributed by atoms with Gasteiger partial charge in [0.1, 0.15) is 5.75 Å². The smallest absolute Gasteiger partial charge is 0.306 e. The van der Waals surface area contributed by atoms with Gasteiger partial charge in [0, 0.05) is 12.0 Å². The number of hydrogen-bond acceptors (Lipinski definition) is 6. The number of Topliss-reactive ketones (excluding diaryl/α,β-unsaturated/α-hetero) is 1. The van der Waals surface area contributed by atoms with Crippen LogP contribution in [0.5, 0.6) is 5.75 Å². The second kappa shape index (κ2) is 7.12. The summed E-state index contributed by atoms with van der Waals surface area (Å²) >= 11 is 0. The van der Waals surface area contributed by atoms with Crippen molar-refractivity contribution >= 4 is 21.6 Å². The van der Waals surface area contributed by atoms with E-state index in [-0.39, 0.29) is 29.6 Å². The number of ketones is 1. The highest BCUT2D eigenvalue weighted by Crippen LogP contribution is 2.22. The standard InChI is InChI=1S/C16H20O6S/c1-11(16(18)13-3-5-14(21-2)6-4-13)22-15(17)9-12-7-8-23(19,20)10-12/h3-6,11-12H,7-10H2,1-2H3/t11-,12+/m1/s1. The predicted octanol–water partition coefficient (Wildman–Crippen LogP) is 1.63. The molecule has 1 aromatic rings. The van der Waals surface area contributed by atoms with Crippen LogP contribution in [-0.4, -0.2) is 44.9 Å². The topological polar surface area (TPSA) is 86.7 Å². The molecule has 0 aromatic heterocycles. The second-order valence-corrected chi connectivity index (χ2v) is 7.93. The largest absolute Gasteiger partial charge is 0.497 e. The molecule has 0 unspecified atom stereocenters. The fourth-order valence-electron chi connectivity index (χ4n) is 2.56. The maximum Gasteiger partial charge on any atom is 0.306 e. The fourth-order valence-corrected chi connectivity index (χ4v) is 4.42. The van der Waals surface area contributed by atoms with Crippen LogP contribution in [0.3, 0.4) is 0 Å². The maximum atomic E-state index is 12.2. The lowest BCUT2D eigenvalue weighted by Crippen LogP contribution is -2.25. The number of sulfone groups is 1. The molecule has 0 amide bonds. The average Bonchev–Trinajstić information content (AvgIpc) is 2.85. The van der Waals surface area contributed by atoms with Crippen molar-refractivity contribution in [1.29, 1.82) is 0 Å². The van der Waals surface area contributed by atoms with Crippen LogP contribution in [0, 0.1) is 5.92 Å². The molecular weight excluding hydrogens is 320 g/mol. The lowest BCUT2D eigenvalue weighted by Gasteiger charge is -2.14. The number of esters is 1. The van der Waals surface area contributed by atoms with Crippen LogP contribution in [-0.2, 0) is 19.4 Å². The molecule has 1 aliphatic heterocycles. The number of carbonyl (C=O) groups is 2. The van der Waals surface area contributed by atoms with Crippen molar-refractivity contribution in [3.63, 3.8) is 0 Å². The molecule has 0 radical (unpaired) electrons. The number of rotatable bonds is 6. The monoisotopic (exact) mass is 340 g/mol. The predicted molar refractivity (Wildman–Crippen MR) is 84.3 cm³/mol. The molecule has 23 heavy (non-hydrogen) atoms. The Balaban J connectivity index is 1.88. The number of hydrogen-bond donors (Lipinski definition) is 0. The first-order chi connectivity index (χ1) is 10.8. The summed E-state index contributed by atoms with van der Waals surface area (Å²) in [5.41, 5.74) is 0.426. The zero-order chi connectivity index (χ0) is 17.0. The molecule has 0 aliphatic carbocycles. The average molecular weight is 340 g/mol. The highest BCUT2D eigenvalue weighted by atomic mass is 32.2. The van der Waals surface area contributed by atoms with Gasteiger partial charge in [-0.15, -0.1) is 0 Å². The summed E-state index contributed by atoms with van der Waals surface area (Å²) in [6.07, 6.45) is -0.411. The van der Waals surface area contributed by atoms with E-state index in [1.54, 1.807) is 24.3 Å². The molecule has 0 saturated carbocycles. The minimum atomic E-state index is -3.02. The first-order valence-electron chi connectivity index (χ1n) is 7.39. The Morgan fingerprint density at radius 1 is 1.26 bits per heavy atom. The van der Waals surface area contributed by atoms with Gasteiger partial charge in [-0.3, -0.25) is 9.59 Å². The van der Waals surface area contributed by atoms with E-state index in [0.29, 0.717) is 17.7 Å². The van der Waals surface area contributed by atoms with Gasteiger partial charge in [0.25, 0.3) is 0 Å². The molecule has 0 N–H and O–H groups in total. The molecule has 1 aromatic carbocycles. The first-order valence-corrected chi connectivity index (χ1v) is 9.21. The normalized spacial score (nSPS) is 20.7. The summed E-state index contributed by atoms with van der Waals surface area (Å²) in [6, 6.07) is 6.53. The Morgan fingerprint density at radius 3 is 2.43 bits per heavy atom. The minimum Gasteiger partial charge on any atom is -0.497 e. The van der Waals surface area contributed by atoms with Crippen LogP contribution in [0.15, 0.2) is 24.3 Å². The van der Waals surface area contributed by atoms with Crippen LogP contribution in [0.1, 0.15) is 30.1 Å². The summed E-state index contributed by atoms with van der Waals surface area (Å²) in [7, 11) is -1.49. The van der Waals surface area contributed by atoms with Gasteiger partial charge in [0.2, 0.25) is 5.78 Å². The summed E-state index contributed by atoms with van der Waals surface area (Å²) in [5, 5.41) is 0. The van der Waals surface area contributed by atoms with E-state index in [2.05, 4.69) is 0 Å². The third-order valence-electron chi connectivity index (χ3n) is 3.83. The van der Waals surface area contributed by atoms with Crippen LogP contribution in [0.4, 0.5) is 0 Å². The Labute approximate surface area is 135 Å². The molecule has 1 saturated heterocycles. The second-order valence-electron chi connectivity index (χ2n) is 5.70. The van der Waals surface area contributed by atoms with E-state index in [1.807, 2.05) is 0 Å². The molecule has 126 valence electrons. The van der Waals surface area contributed by atoms with Crippen molar-refractivity contribution in [2.24, 2.45) is 5.92 Å². The minimum absolute atomic E-state index is 0.0168. The van der Waals surface area contributed by atoms with E-state index < -0.39 is 21.9 Å². The van der Waals surface area contributed by atoms with Crippen LogP contribution in [0.25, 0.3) is 0 Å². The summed E-state index contributed by atoms with van der Waals surface area (Å²) in [6.45, 7) is 1.51. The van der Waals surface area contributed by atoms with Gasteiger partial charge < -0.3 is 9.47 Å². The third-order valence-corrected chi connectivity index (χ3v) is 5.67. The number of carbonyl (C=O) groups excluding carboxylic acids is 2. The van der Waals surface area contributed by atoms with Gasteiger partial charge in [0.15, 0.2) is 15.9 Å². The van der Waals surface area contributed by atoms with Crippen molar-refractivity contribution in [2.75, 3.05) is 18.6 Å². The van der Waals surface area contributed by atoms with E-state index in [1.165, 1.54) is 14.0 Å². The highest BCUT2D eigenvalue weighted by molar-refractivity contribution is 7.91. The van der Waals surface area contributed by atoms with Gasteiger partial charge in [0.05, 0.1) is 18.6 Å². The van der Waals surface area contributed by atoms with Crippen molar-refractivity contribution in [3.8, 4) is 5.75 Å². The van der Waals surface area contributed by atoms with Gasteiger partial charge in [-0.25, -0.2) is 8.42 Å². The number of ether oxygens (including phenoxy) is 2. The Hall–Kier alpha value is -1.89. The summed E-state index contributed by atoms with van der Waals surface area (Å²) < 4.78 is 32.9. The Bertz CT molecular complexity index is 677. The molecule has 1 aliphatic rings. The molecule has 6 nitrogen and oxygen atoms in total. The summed E-state index contributed by atoms with van der Waals surface area (Å²) in [4.78, 5) is 24.1. The van der Waals surface area contributed by atoms with Crippen LogP contribution >= 0.6 is 0 Å². The lowest BCUT2D eigenvalue weighted by molar-refractivity contribution is -0.147. The van der Waals surface area contributed by atoms with Crippen LogP contribution < -0.4 is 4.74 Å². The Kier molecular flexibility index (Phi) is 5.41. The van der Waals surface area contributed by atoms with Gasteiger partial charge >= 0.3 is 5.97 Å². The molecule has 1 fully saturated rings. The third kappa shape index (κ3) is 4.79. The molecule has 1 heterocycles. The zero-order valence-electron chi connectivity index (χ0n) is 13.2. The molecule has 2 atom stereocenters. The van der Waals surface area contributed by atoms with E-state index in [0.717, 1.165) is 0 Å². The molecule has 7 heteroatoms. The molecule has 0 bridgehead atoms. The van der Waals surface area contributed by atoms with Crippen molar-refractivity contribution in [1.82, 2.24) is 0 Å². The number of benzene rings is 1. The molecular formula is C16H20O6S. The zero-order valence-corrected chi connectivity index (χ0v) is 14.0.